The largest absolute Gasteiger partial charge is 0.368 e. The van der Waals surface area contributed by atoms with Gasteiger partial charge in [-0.1, -0.05) is 18.2 Å². The molecule has 0 atom stereocenters. The Hall–Kier alpha value is -3.74. The molecule has 0 saturated heterocycles. The molecular formula is C19H16N4O3. The van der Waals surface area contributed by atoms with E-state index in [9.17, 15) is 14.4 Å². The summed E-state index contributed by atoms with van der Waals surface area (Å²) in [5.74, 6) is -1.39. The van der Waals surface area contributed by atoms with Gasteiger partial charge in [-0.3, -0.25) is 19.4 Å². The molecule has 1 heterocycles. The molecule has 0 fully saturated rings. The standard InChI is InChI=1S/C19H16N4O3/c20-17(24)11-22-18(25)12-4-1-5-13(10-12)23-19(26)15-6-2-8-16-14(15)7-3-9-21-16/h1-10H,11H2,(H2,20,24)(H,22,25)(H,23,26). The maximum absolute atomic E-state index is 12.6. The number of hydrogen-bond donors (Lipinski definition) is 3. The lowest BCUT2D eigenvalue weighted by atomic mass is 10.1. The Balaban J connectivity index is 1.80. The zero-order chi connectivity index (χ0) is 18.5. The van der Waals surface area contributed by atoms with Gasteiger partial charge in [-0.25, -0.2) is 0 Å². The van der Waals surface area contributed by atoms with E-state index in [2.05, 4.69) is 15.6 Å². The number of pyridine rings is 1. The number of benzene rings is 2. The minimum Gasteiger partial charge on any atom is -0.368 e. The number of fused-ring (bicyclic) bond motifs is 1. The maximum atomic E-state index is 12.6. The molecule has 1 aromatic heterocycles. The Morgan fingerprint density at radius 1 is 0.962 bits per heavy atom. The molecule has 3 aromatic rings. The number of nitrogens with zero attached hydrogens (tertiary/aromatic N) is 1. The number of hydrogen-bond acceptors (Lipinski definition) is 4. The molecular weight excluding hydrogens is 332 g/mol. The summed E-state index contributed by atoms with van der Waals surface area (Å²) in [5, 5.41) is 5.91. The molecule has 0 radical (unpaired) electrons. The molecule has 0 aliphatic rings. The summed E-state index contributed by atoms with van der Waals surface area (Å²) < 4.78 is 0. The number of amides is 3. The second-order valence-corrected chi connectivity index (χ2v) is 5.56. The third-order valence-electron chi connectivity index (χ3n) is 3.70. The third kappa shape index (κ3) is 3.84. The molecule has 7 nitrogen and oxygen atoms in total. The summed E-state index contributed by atoms with van der Waals surface area (Å²) >= 11 is 0. The van der Waals surface area contributed by atoms with Gasteiger partial charge in [-0.05, 0) is 36.4 Å². The van der Waals surface area contributed by atoms with Crippen molar-refractivity contribution < 1.29 is 14.4 Å². The van der Waals surface area contributed by atoms with Crippen molar-refractivity contribution in [2.45, 2.75) is 0 Å². The van der Waals surface area contributed by atoms with Crippen LogP contribution in [0.2, 0.25) is 0 Å². The van der Waals surface area contributed by atoms with Gasteiger partial charge in [0.2, 0.25) is 5.91 Å². The van der Waals surface area contributed by atoms with Crippen molar-refractivity contribution in [1.82, 2.24) is 10.3 Å². The minimum absolute atomic E-state index is 0.252. The van der Waals surface area contributed by atoms with Crippen LogP contribution in [-0.2, 0) is 4.79 Å². The molecule has 0 aliphatic heterocycles. The Morgan fingerprint density at radius 2 is 1.77 bits per heavy atom. The van der Waals surface area contributed by atoms with Gasteiger partial charge in [0, 0.05) is 28.4 Å². The van der Waals surface area contributed by atoms with E-state index < -0.39 is 11.8 Å². The molecule has 0 bridgehead atoms. The normalized spacial score (nSPS) is 10.3. The molecule has 130 valence electrons. The van der Waals surface area contributed by atoms with Crippen LogP contribution < -0.4 is 16.4 Å². The fourth-order valence-electron chi connectivity index (χ4n) is 2.51. The minimum atomic E-state index is -0.632. The molecule has 2 aromatic carbocycles. The van der Waals surface area contributed by atoms with Crippen LogP contribution in [0.25, 0.3) is 10.9 Å². The van der Waals surface area contributed by atoms with Gasteiger partial charge < -0.3 is 16.4 Å². The van der Waals surface area contributed by atoms with E-state index in [-0.39, 0.29) is 12.5 Å². The quantitative estimate of drug-likeness (QED) is 0.651. The lowest BCUT2D eigenvalue weighted by molar-refractivity contribution is -0.117. The van der Waals surface area contributed by atoms with Gasteiger partial charge in [-0.2, -0.15) is 0 Å². The van der Waals surface area contributed by atoms with Gasteiger partial charge in [0.25, 0.3) is 11.8 Å². The summed E-state index contributed by atoms with van der Waals surface area (Å²) in [6, 6.07) is 15.3. The lowest BCUT2D eigenvalue weighted by Gasteiger charge is -2.09. The van der Waals surface area contributed by atoms with Crippen molar-refractivity contribution in [3.8, 4) is 0 Å². The Labute approximate surface area is 149 Å². The van der Waals surface area contributed by atoms with E-state index in [1.165, 1.54) is 6.07 Å². The third-order valence-corrected chi connectivity index (χ3v) is 3.70. The van der Waals surface area contributed by atoms with Crippen LogP contribution in [0.1, 0.15) is 20.7 Å². The van der Waals surface area contributed by atoms with E-state index in [0.29, 0.717) is 16.8 Å². The topological polar surface area (TPSA) is 114 Å². The Morgan fingerprint density at radius 3 is 2.58 bits per heavy atom. The lowest BCUT2D eigenvalue weighted by Crippen LogP contribution is -2.33. The van der Waals surface area contributed by atoms with E-state index in [4.69, 9.17) is 5.73 Å². The number of nitrogens with two attached hydrogens (primary N) is 1. The number of carbonyl (C=O) groups excluding carboxylic acids is 3. The highest BCUT2D eigenvalue weighted by Crippen LogP contribution is 2.18. The fraction of sp³-hybridized carbons (Fsp3) is 0.0526. The molecule has 4 N–H and O–H groups in total. The Kier molecular flexibility index (Phi) is 4.89. The summed E-state index contributed by atoms with van der Waals surface area (Å²) in [6.45, 7) is -0.252. The number of primary amides is 1. The zero-order valence-corrected chi connectivity index (χ0v) is 13.7. The van der Waals surface area contributed by atoms with E-state index >= 15 is 0 Å². The molecule has 3 amide bonds. The first-order valence-corrected chi connectivity index (χ1v) is 7.86. The van der Waals surface area contributed by atoms with Crippen molar-refractivity contribution in [2.75, 3.05) is 11.9 Å². The van der Waals surface area contributed by atoms with Crippen LogP contribution in [0.4, 0.5) is 5.69 Å². The fourth-order valence-corrected chi connectivity index (χ4v) is 2.51. The number of anilines is 1. The summed E-state index contributed by atoms with van der Waals surface area (Å²) in [4.78, 5) is 39.6. The van der Waals surface area contributed by atoms with Crippen molar-refractivity contribution in [2.24, 2.45) is 5.73 Å². The van der Waals surface area contributed by atoms with E-state index in [0.717, 1.165) is 10.9 Å². The first-order chi connectivity index (χ1) is 12.5. The first kappa shape index (κ1) is 17.1. The van der Waals surface area contributed by atoms with E-state index in [1.807, 2.05) is 12.1 Å². The second-order valence-electron chi connectivity index (χ2n) is 5.56. The van der Waals surface area contributed by atoms with Gasteiger partial charge in [0.15, 0.2) is 0 Å². The number of nitrogens with one attached hydrogen (secondary N) is 2. The smallest absolute Gasteiger partial charge is 0.256 e. The average Bonchev–Trinajstić information content (AvgIpc) is 2.65. The predicted octanol–water partition coefficient (Wildman–Crippen LogP) is 1.70. The molecule has 0 saturated carbocycles. The highest BCUT2D eigenvalue weighted by molar-refractivity contribution is 6.12. The van der Waals surface area contributed by atoms with Crippen LogP contribution in [-0.4, -0.2) is 29.3 Å². The van der Waals surface area contributed by atoms with Gasteiger partial charge in [-0.15, -0.1) is 0 Å². The van der Waals surface area contributed by atoms with Crippen molar-refractivity contribution in [3.63, 3.8) is 0 Å². The van der Waals surface area contributed by atoms with Crippen LogP contribution in [0, 0.1) is 0 Å². The van der Waals surface area contributed by atoms with Gasteiger partial charge in [0.05, 0.1) is 12.1 Å². The highest BCUT2D eigenvalue weighted by Gasteiger charge is 2.12. The van der Waals surface area contributed by atoms with Gasteiger partial charge >= 0.3 is 0 Å². The summed E-state index contributed by atoms with van der Waals surface area (Å²) in [7, 11) is 0. The molecule has 7 heteroatoms. The van der Waals surface area contributed by atoms with Crippen LogP contribution in [0.3, 0.4) is 0 Å². The maximum Gasteiger partial charge on any atom is 0.256 e. The van der Waals surface area contributed by atoms with Crippen LogP contribution in [0.15, 0.2) is 60.8 Å². The van der Waals surface area contributed by atoms with Crippen LogP contribution >= 0.6 is 0 Å². The zero-order valence-electron chi connectivity index (χ0n) is 13.7. The average molecular weight is 348 g/mol. The van der Waals surface area contributed by atoms with E-state index in [1.54, 1.807) is 42.6 Å². The molecule has 26 heavy (non-hydrogen) atoms. The summed E-state index contributed by atoms with van der Waals surface area (Å²) in [5.41, 5.74) is 6.99. The number of rotatable bonds is 5. The highest BCUT2D eigenvalue weighted by atomic mass is 16.2. The first-order valence-electron chi connectivity index (χ1n) is 7.86. The molecule has 0 spiro atoms. The number of aromatic nitrogens is 1. The predicted molar refractivity (Wildman–Crippen MR) is 97.7 cm³/mol. The van der Waals surface area contributed by atoms with Crippen molar-refractivity contribution in [3.05, 3.63) is 71.9 Å². The second kappa shape index (κ2) is 7.43. The SMILES string of the molecule is NC(=O)CNC(=O)c1cccc(NC(=O)c2cccc3ncccc23)c1. The van der Waals surface area contributed by atoms with Crippen molar-refractivity contribution >= 4 is 34.3 Å². The molecule has 0 aliphatic carbocycles. The number of carbonyl (C=O) groups is 3. The van der Waals surface area contributed by atoms with Gasteiger partial charge in [0.1, 0.15) is 0 Å². The monoisotopic (exact) mass is 348 g/mol. The Bertz CT molecular complexity index is 996. The molecule has 3 rings (SSSR count). The van der Waals surface area contributed by atoms with Crippen molar-refractivity contribution in [1.29, 1.82) is 0 Å². The summed E-state index contributed by atoms with van der Waals surface area (Å²) in [6.07, 6.45) is 1.66. The molecule has 0 unspecified atom stereocenters. The van der Waals surface area contributed by atoms with Crippen LogP contribution in [0.5, 0.6) is 0 Å².